The number of benzene rings is 2. The first-order chi connectivity index (χ1) is 21.9. The van der Waals surface area contributed by atoms with Crippen molar-refractivity contribution in [3.05, 3.63) is 72.3 Å². The van der Waals surface area contributed by atoms with E-state index in [1.807, 2.05) is 26.6 Å². The summed E-state index contributed by atoms with van der Waals surface area (Å²) >= 11 is 0. The quantitative estimate of drug-likeness (QED) is 0.249. The molecular formula is C33H37F2N7O3. The molecule has 0 unspecified atom stereocenters. The maximum Gasteiger partial charge on any atom is 0.164 e. The Kier molecular flexibility index (Phi) is 7.78. The van der Waals surface area contributed by atoms with Gasteiger partial charge in [0.25, 0.3) is 0 Å². The van der Waals surface area contributed by atoms with E-state index in [-0.39, 0.29) is 5.56 Å². The van der Waals surface area contributed by atoms with Gasteiger partial charge in [0.05, 0.1) is 37.7 Å². The van der Waals surface area contributed by atoms with Crippen LogP contribution in [0.25, 0.3) is 11.1 Å². The van der Waals surface area contributed by atoms with Crippen LogP contribution in [0.15, 0.2) is 55.1 Å². The monoisotopic (exact) mass is 617 g/mol. The second-order valence-electron chi connectivity index (χ2n) is 12.2. The standard InChI is InChI=1S/C33H37F2N7O3/c1-40-19-21(18-38-40)24-13-26(29(44-3)14-28(24)41-10-8-33(9-11-41)16-22(17-33)43-2)39-30-15-31(37-20-36-30)42-27(7-12-45-42)23-5-4-6-25(34)32(23)35/h4-6,13-15,18-20,22,27H,7-12,16-17H2,1-3H3,(H,36,37,39)/t27-/m1/s1. The molecule has 0 amide bonds. The van der Waals surface area contributed by atoms with Crippen LogP contribution in [0, 0.1) is 17.0 Å². The largest absolute Gasteiger partial charge is 0.494 e. The van der Waals surface area contributed by atoms with Crippen LogP contribution in [0.5, 0.6) is 5.75 Å². The smallest absolute Gasteiger partial charge is 0.164 e. The molecule has 3 aliphatic rings. The molecule has 4 aromatic rings. The number of piperidine rings is 1. The van der Waals surface area contributed by atoms with Crippen molar-refractivity contribution in [2.75, 3.05) is 49.2 Å². The molecule has 236 valence electrons. The summed E-state index contributed by atoms with van der Waals surface area (Å²) in [6.45, 7) is 2.26. The number of hydrogen-bond acceptors (Lipinski definition) is 9. The van der Waals surface area contributed by atoms with Gasteiger partial charge in [0.1, 0.15) is 17.9 Å². The second kappa shape index (κ2) is 11.9. The topological polar surface area (TPSA) is 89.8 Å². The molecule has 1 spiro atoms. The molecule has 1 aliphatic carbocycles. The Morgan fingerprint density at radius 2 is 1.89 bits per heavy atom. The Morgan fingerprint density at radius 3 is 2.62 bits per heavy atom. The molecular weight excluding hydrogens is 580 g/mol. The number of rotatable bonds is 8. The van der Waals surface area contributed by atoms with Gasteiger partial charge in [-0.2, -0.15) is 5.10 Å². The summed E-state index contributed by atoms with van der Waals surface area (Å²) in [6.07, 6.45) is 10.7. The molecule has 1 atom stereocenters. The van der Waals surface area contributed by atoms with Gasteiger partial charge in [-0.15, -0.1) is 0 Å². The van der Waals surface area contributed by atoms with Crippen molar-refractivity contribution in [1.82, 2.24) is 19.7 Å². The highest BCUT2D eigenvalue weighted by atomic mass is 19.2. The molecule has 1 N–H and O–H groups in total. The van der Waals surface area contributed by atoms with Gasteiger partial charge in [0.15, 0.2) is 17.5 Å². The molecule has 4 heterocycles. The van der Waals surface area contributed by atoms with Gasteiger partial charge in [-0.1, -0.05) is 12.1 Å². The molecule has 1 saturated carbocycles. The highest BCUT2D eigenvalue weighted by Gasteiger charge is 2.46. The van der Waals surface area contributed by atoms with E-state index in [1.54, 1.807) is 23.9 Å². The van der Waals surface area contributed by atoms with E-state index < -0.39 is 17.7 Å². The van der Waals surface area contributed by atoms with Crippen LogP contribution >= 0.6 is 0 Å². The molecule has 0 bridgehead atoms. The zero-order chi connectivity index (χ0) is 31.1. The van der Waals surface area contributed by atoms with Crippen LogP contribution in [-0.2, 0) is 16.6 Å². The minimum atomic E-state index is -0.892. The van der Waals surface area contributed by atoms with Crippen molar-refractivity contribution in [3.8, 4) is 16.9 Å². The summed E-state index contributed by atoms with van der Waals surface area (Å²) in [5.74, 6) is -0.186. The summed E-state index contributed by atoms with van der Waals surface area (Å²) in [4.78, 5) is 17.1. The Hall–Kier alpha value is -4.29. The Balaban J connectivity index is 1.18. The number of halogens is 2. The molecule has 2 aromatic heterocycles. The van der Waals surface area contributed by atoms with Crippen molar-refractivity contribution in [2.45, 2.75) is 44.2 Å². The third-order valence-corrected chi connectivity index (χ3v) is 9.54. The van der Waals surface area contributed by atoms with Crippen LogP contribution in [0.2, 0.25) is 0 Å². The van der Waals surface area contributed by atoms with Crippen molar-refractivity contribution >= 4 is 23.0 Å². The van der Waals surface area contributed by atoms with E-state index in [4.69, 9.17) is 14.3 Å². The van der Waals surface area contributed by atoms with Gasteiger partial charge in [-0.25, -0.2) is 23.8 Å². The minimum Gasteiger partial charge on any atom is -0.494 e. The molecule has 12 heteroatoms. The predicted molar refractivity (Wildman–Crippen MR) is 167 cm³/mol. The summed E-state index contributed by atoms with van der Waals surface area (Å²) in [5.41, 5.74) is 4.45. The summed E-state index contributed by atoms with van der Waals surface area (Å²) < 4.78 is 42.0. The average molecular weight is 618 g/mol. The zero-order valence-electron chi connectivity index (χ0n) is 25.7. The van der Waals surface area contributed by atoms with E-state index >= 15 is 0 Å². The van der Waals surface area contributed by atoms with E-state index in [2.05, 4.69) is 37.4 Å². The first kappa shape index (κ1) is 29.4. The van der Waals surface area contributed by atoms with E-state index in [0.717, 1.165) is 67.3 Å². The third kappa shape index (κ3) is 5.57. The predicted octanol–water partition coefficient (Wildman–Crippen LogP) is 6.19. The number of nitrogens with zero attached hydrogens (tertiary/aromatic N) is 6. The summed E-state index contributed by atoms with van der Waals surface area (Å²) in [7, 11) is 5.37. The first-order valence-electron chi connectivity index (χ1n) is 15.3. The Labute approximate surface area is 260 Å². The maximum atomic E-state index is 14.7. The first-order valence-corrected chi connectivity index (χ1v) is 15.3. The SMILES string of the molecule is COc1cc(N2CCC3(CC2)CC(OC)C3)c(-c2cnn(C)c2)cc1Nc1cc(N2OCC[C@@H]2c2cccc(F)c2F)ncn1. The lowest BCUT2D eigenvalue weighted by Crippen LogP contribution is -2.49. The van der Waals surface area contributed by atoms with E-state index in [0.29, 0.717) is 41.9 Å². The van der Waals surface area contributed by atoms with E-state index in [9.17, 15) is 8.78 Å². The number of aryl methyl sites for hydroxylation is 1. The van der Waals surface area contributed by atoms with Crippen LogP contribution in [-0.4, -0.2) is 59.8 Å². The number of hydroxylamine groups is 1. The molecule has 2 saturated heterocycles. The van der Waals surface area contributed by atoms with Crippen LogP contribution in [0.4, 0.5) is 31.8 Å². The number of methoxy groups -OCH3 is 2. The number of ether oxygens (including phenoxy) is 2. The van der Waals surface area contributed by atoms with Crippen molar-refractivity contribution in [2.24, 2.45) is 12.5 Å². The van der Waals surface area contributed by atoms with E-state index in [1.165, 1.54) is 17.5 Å². The van der Waals surface area contributed by atoms with Gasteiger partial charge >= 0.3 is 0 Å². The number of anilines is 4. The fraction of sp³-hybridized carbons (Fsp3) is 0.424. The highest BCUT2D eigenvalue weighted by molar-refractivity contribution is 5.85. The maximum absolute atomic E-state index is 14.7. The zero-order valence-corrected chi connectivity index (χ0v) is 25.7. The van der Waals surface area contributed by atoms with Crippen molar-refractivity contribution in [3.63, 3.8) is 0 Å². The Morgan fingerprint density at radius 1 is 1.07 bits per heavy atom. The van der Waals surface area contributed by atoms with Gasteiger partial charge in [0.2, 0.25) is 0 Å². The van der Waals surface area contributed by atoms with Gasteiger partial charge < -0.3 is 19.7 Å². The highest BCUT2D eigenvalue weighted by Crippen LogP contribution is 2.51. The molecule has 2 aliphatic heterocycles. The lowest BCUT2D eigenvalue weighted by Gasteiger charge is -2.52. The number of nitrogens with one attached hydrogen (secondary N) is 1. The van der Waals surface area contributed by atoms with Crippen LogP contribution in [0.1, 0.15) is 43.7 Å². The number of hydrogen-bond donors (Lipinski definition) is 1. The second-order valence-corrected chi connectivity index (χ2v) is 12.2. The van der Waals surface area contributed by atoms with Crippen LogP contribution < -0.4 is 20.0 Å². The normalized spacial score (nSPS) is 19.6. The molecule has 45 heavy (non-hydrogen) atoms. The molecule has 3 fully saturated rings. The Bertz CT molecular complexity index is 1680. The third-order valence-electron chi connectivity index (χ3n) is 9.54. The van der Waals surface area contributed by atoms with Crippen LogP contribution in [0.3, 0.4) is 0 Å². The summed E-state index contributed by atoms with van der Waals surface area (Å²) in [6, 6.07) is 9.52. The molecule has 7 rings (SSSR count). The van der Waals surface area contributed by atoms with Gasteiger partial charge in [0, 0.05) is 74.4 Å². The minimum absolute atomic E-state index is 0.221. The molecule has 10 nitrogen and oxygen atoms in total. The summed E-state index contributed by atoms with van der Waals surface area (Å²) in [5, 5.41) is 9.36. The van der Waals surface area contributed by atoms with Crippen molar-refractivity contribution < 1.29 is 23.1 Å². The molecule has 0 radical (unpaired) electrons. The van der Waals surface area contributed by atoms with Gasteiger partial charge in [-0.05, 0) is 43.2 Å². The fourth-order valence-corrected chi connectivity index (χ4v) is 7.02. The van der Waals surface area contributed by atoms with Crippen molar-refractivity contribution in [1.29, 1.82) is 0 Å². The fourth-order valence-electron chi connectivity index (χ4n) is 7.02. The lowest BCUT2D eigenvalue weighted by atomic mass is 9.61. The average Bonchev–Trinajstić information content (AvgIpc) is 3.71. The lowest BCUT2D eigenvalue weighted by molar-refractivity contribution is -0.0708. The molecule has 2 aromatic carbocycles. The van der Waals surface area contributed by atoms with Gasteiger partial charge in [-0.3, -0.25) is 9.52 Å². The number of aromatic nitrogens is 4.